The molecule has 15 heavy (non-hydrogen) atoms. The minimum Gasteiger partial charge on any atom is -0.271 e. The largest absolute Gasteiger partial charge is 0.271 e. The second kappa shape index (κ2) is 4.24. The van der Waals surface area contributed by atoms with E-state index in [2.05, 4.69) is 28.6 Å². The number of hydrogen-bond acceptors (Lipinski definition) is 4. The van der Waals surface area contributed by atoms with Gasteiger partial charge in [-0.05, 0) is 43.7 Å². The molecule has 0 saturated heterocycles. The number of nitrogens with one attached hydrogen (secondary N) is 1. The van der Waals surface area contributed by atoms with Crippen LogP contribution in [-0.4, -0.2) is 10.2 Å². The molecule has 0 spiro atoms. The highest BCUT2D eigenvalue weighted by Crippen LogP contribution is 2.41. The van der Waals surface area contributed by atoms with E-state index in [9.17, 15) is 0 Å². The van der Waals surface area contributed by atoms with Gasteiger partial charge in [0.2, 0.25) is 0 Å². The van der Waals surface area contributed by atoms with Gasteiger partial charge in [0.1, 0.15) is 0 Å². The van der Waals surface area contributed by atoms with E-state index in [-0.39, 0.29) is 6.04 Å². The third-order valence-electron chi connectivity index (χ3n) is 2.97. The standard InChI is InChI=1S/C11H18N4/c1-3-10-9(6-7(2)14-15-10)11(13-12)8-4-5-8/h6,8,11,13H,3-5,12H2,1-2H3. The molecule has 0 aromatic carbocycles. The van der Waals surface area contributed by atoms with Gasteiger partial charge in [0, 0.05) is 0 Å². The van der Waals surface area contributed by atoms with E-state index in [1.165, 1.54) is 18.4 Å². The summed E-state index contributed by atoms with van der Waals surface area (Å²) >= 11 is 0. The van der Waals surface area contributed by atoms with Crippen LogP contribution in [0.15, 0.2) is 6.07 Å². The molecule has 0 radical (unpaired) electrons. The van der Waals surface area contributed by atoms with Gasteiger partial charge in [-0.15, -0.1) is 0 Å². The summed E-state index contributed by atoms with van der Waals surface area (Å²) in [4.78, 5) is 0. The molecule has 1 aromatic rings. The highest BCUT2D eigenvalue weighted by atomic mass is 15.2. The van der Waals surface area contributed by atoms with Crippen LogP contribution < -0.4 is 11.3 Å². The van der Waals surface area contributed by atoms with Crippen LogP contribution in [0.5, 0.6) is 0 Å². The molecule has 0 aliphatic heterocycles. The molecular formula is C11H18N4. The highest BCUT2D eigenvalue weighted by molar-refractivity contribution is 5.26. The van der Waals surface area contributed by atoms with Gasteiger partial charge in [0.25, 0.3) is 0 Å². The summed E-state index contributed by atoms with van der Waals surface area (Å²) in [6, 6.07) is 2.36. The SMILES string of the molecule is CCc1nnc(C)cc1C(NN)C1CC1. The third-order valence-corrected chi connectivity index (χ3v) is 2.97. The van der Waals surface area contributed by atoms with Crippen molar-refractivity contribution in [3.05, 3.63) is 23.0 Å². The van der Waals surface area contributed by atoms with Crippen molar-refractivity contribution in [1.82, 2.24) is 15.6 Å². The lowest BCUT2D eigenvalue weighted by molar-refractivity contribution is 0.489. The number of aryl methyl sites for hydroxylation is 2. The fraction of sp³-hybridized carbons (Fsp3) is 0.636. The fourth-order valence-corrected chi connectivity index (χ4v) is 1.99. The average molecular weight is 206 g/mol. The molecule has 1 unspecified atom stereocenters. The predicted molar refractivity (Wildman–Crippen MR) is 58.9 cm³/mol. The van der Waals surface area contributed by atoms with Gasteiger partial charge in [0.15, 0.2) is 0 Å². The molecule has 3 N–H and O–H groups in total. The molecule has 1 aliphatic carbocycles. The van der Waals surface area contributed by atoms with Crippen molar-refractivity contribution in [2.75, 3.05) is 0 Å². The van der Waals surface area contributed by atoms with Gasteiger partial charge < -0.3 is 0 Å². The molecule has 1 atom stereocenters. The maximum absolute atomic E-state index is 5.62. The molecule has 1 aliphatic rings. The van der Waals surface area contributed by atoms with E-state index < -0.39 is 0 Å². The summed E-state index contributed by atoms with van der Waals surface area (Å²) in [5, 5.41) is 8.32. The Morgan fingerprint density at radius 3 is 2.80 bits per heavy atom. The lowest BCUT2D eigenvalue weighted by Crippen LogP contribution is -2.30. The molecule has 1 fully saturated rings. The molecule has 4 nitrogen and oxygen atoms in total. The molecular weight excluding hydrogens is 188 g/mol. The fourth-order valence-electron chi connectivity index (χ4n) is 1.99. The molecule has 0 bridgehead atoms. The Balaban J connectivity index is 2.34. The monoisotopic (exact) mass is 206 g/mol. The number of hydrazine groups is 1. The van der Waals surface area contributed by atoms with E-state index >= 15 is 0 Å². The normalized spacial score (nSPS) is 17.8. The van der Waals surface area contributed by atoms with Crippen molar-refractivity contribution in [2.45, 2.75) is 39.2 Å². The van der Waals surface area contributed by atoms with Gasteiger partial charge in [-0.2, -0.15) is 10.2 Å². The van der Waals surface area contributed by atoms with Gasteiger partial charge >= 0.3 is 0 Å². The van der Waals surface area contributed by atoms with Gasteiger partial charge in [-0.25, -0.2) is 0 Å². The van der Waals surface area contributed by atoms with Crippen molar-refractivity contribution in [1.29, 1.82) is 0 Å². The van der Waals surface area contributed by atoms with Crippen molar-refractivity contribution in [2.24, 2.45) is 11.8 Å². The molecule has 1 heterocycles. The topological polar surface area (TPSA) is 63.8 Å². The van der Waals surface area contributed by atoms with E-state index in [1.54, 1.807) is 0 Å². The third kappa shape index (κ3) is 2.16. The van der Waals surface area contributed by atoms with Crippen LogP contribution in [0, 0.1) is 12.8 Å². The van der Waals surface area contributed by atoms with E-state index in [0.29, 0.717) is 5.92 Å². The number of aromatic nitrogens is 2. The zero-order valence-electron chi connectivity index (χ0n) is 9.33. The van der Waals surface area contributed by atoms with Crippen LogP contribution in [0.3, 0.4) is 0 Å². The Labute approximate surface area is 90.2 Å². The quantitative estimate of drug-likeness (QED) is 0.575. The minimum atomic E-state index is 0.258. The van der Waals surface area contributed by atoms with Crippen molar-refractivity contribution < 1.29 is 0 Å². The lowest BCUT2D eigenvalue weighted by Gasteiger charge is -2.18. The van der Waals surface area contributed by atoms with Crippen LogP contribution in [0.2, 0.25) is 0 Å². The lowest BCUT2D eigenvalue weighted by atomic mass is 10.00. The van der Waals surface area contributed by atoms with Crippen LogP contribution in [0.25, 0.3) is 0 Å². The Kier molecular flexibility index (Phi) is 2.98. The number of rotatable bonds is 4. The summed E-state index contributed by atoms with van der Waals surface area (Å²) < 4.78 is 0. The van der Waals surface area contributed by atoms with Crippen LogP contribution in [0.4, 0.5) is 0 Å². The second-order valence-electron chi connectivity index (χ2n) is 4.22. The summed E-state index contributed by atoms with van der Waals surface area (Å²) in [6.07, 6.45) is 3.44. The second-order valence-corrected chi connectivity index (χ2v) is 4.22. The molecule has 4 heteroatoms. The van der Waals surface area contributed by atoms with Gasteiger partial charge in [0.05, 0.1) is 17.4 Å². The first kappa shape index (κ1) is 10.5. The maximum atomic E-state index is 5.62. The van der Waals surface area contributed by atoms with E-state index in [0.717, 1.165) is 17.8 Å². The first-order chi connectivity index (χ1) is 7.26. The molecule has 1 aromatic heterocycles. The summed E-state index contributed by atoms with van der Waals surface area (Å²) in [5.74, 6) is 6.31. The van der Waals surface area contributed by atoms with Crippen LogP contribution in [-0.2, 0) is 6.42 Å². The molecule has 0 amide bonds. The minimum absolute atomic E-state index is 0.258. The number of nitrogens with two attached hydrogens (primary N) is 1. The van der Waals surface area contributed by atoms with Gasteiger partial charge in [-0.1, -0.05) is 6.92 Å². The summed E-state index contributed by atoms with van der Waals surface area (Å²) in [6.45, 7) is 4.07. The van der Waals surface area contributed by atoms with E-state index in [4.69, 9.17) is 5.84 Å². The molecule has 1 saturated carbocycles. The highest BCUT2D eigenvalue weighted by Gasteiger charge is 2.33. The van der Waals surface area contributed by atoms with Crippen molar-refractivity contribution in [3.8, 4) is 0 Å². The number of nitrogens with zero attached hydrogens (tertiary/aromatic N) is 2. The zero-order chi connectivity index (χ0) is 10.8. The molecule has 82 valence electrons. The van der Waals surface area contributed by atoms with Crippen LogP contribution in [0.1, 0.15) is 42.8 Å². The Morgan fingerprint density at radius 1 is 1.53 bits per heavy atom. The van der Waals surface area contributed by atoms with Gasteiger partial charge in [-0.3, -0.25) is 11.3 Å². The summed E-state index contributed by atoms with van der Waals surface area (Å²) in [7, 11) is 0. The first-order valence-electron chi connectivity index (χ1n) is 5.55. The summed E-state index contributed by atoms with van der Waals surface area (Å²) in [5.41, 5.74) is 6.17. The Morgan fingerprint density at radius 2 is 2.27 bits per heavy atom. The van der Waals surface area contributed by atoms with Crippen molar-refractivity contribution in [3.63, 3.8) is 0 Å². The maximum Gasteiger partial charge on any atom is 0.0676 e. The van der Waals surface area contributed by atoms with E-state index in [1.807, 2.05) is 6.92 Å². The number of hydrogen-bond donors (Lipinski definition) is 2. The average Bonchev–Trinajstić information content (AvgIpc) is 3.04. The first-order valence-corrected chi connectivity index (χ1v) is 5.55. The van der Waals surface area contributed by atoms with Crippen molar-refractivity contribution >= 4 is 0 Å². The predicted octanol–water partition coefficient (Wildman–Crippen LogP) is 1.26. The Hall–Kier alpha value is -1.00. The zero-order valence-corrected chi connectivity index (χ0v) is 9.33. The molecule has 2 rings (SSSR count). The van der Waals surface area contributed by atoms with Crippen LogP contribution >= 0.6 is 0 Å². The Bertz CT molecular complexity index is 346. The smallest absolute Gasteiger partial charge is 0.0676 e.